The summed E-state index contributed by atoms with van der Waals surface area (Å²) in [4.78, 5) is 0.846. The summed E-state index contributed by atoms with van der Waals surface area (Å²) in [5.41, 5.74) is 2.86. The highest BCUT2D eigenvalue weighted by Gasteiger charge is 2.06. The zero-order valence-corrected chi connectivity index (χ0v) is 12.5. The molecule has 0 aliphatic carbocycles. The maximum absolute atomic E-state index is 12.3. The molecule has 0 aliphatic rings. The van der Waals surface area contributed by atoms with Crippen molar-refractivity contribution in [2.75, 3.05) is 0 Å². The lowest BCUT2D eigenvalue weighted by Gasteiger charge is -2.07. The van der Waals surface area contributed by atoms with Gasteiger partial charge >= 0.3 is 0 Å². The standard InChI is InChI=1S/C17H17NOS/c1-13(2)16-7-9-17(10-8-16)20(19)12-15-5-3-14(11-18)4-6-15/h3-10,13H,12H2,1-2H3. The van der Waals surface area contributed by atoms with Gasteiger partial charge in [0.2, 0.25) is 0 Å². The van der Waals surface area contributed by atoms with Crippen molar-refractivity contribution in [3.8, 4) is 6.07 Å². The average Bonchev–Trinajstić information content (AvgIpc) is 2.48. The molecular weight excluding hydrogens is 266 g/mol. The number of hydrogen-bond acceptors (Lipinski definition) is 2. The van der Waals surface area contributed by atoms with Crippen LogP contribution in [0.5, 0.6) is 0 Å². The summed E-state index contributed by atoms with van der Waals surface area (Å²) in [6.45, 7) is 4.28. The van der Waals surface area contributed by atoms with Crippen LogP contribution in [0.25, 0.3) is 0 Å². The molecule has 3 heteroatoms. The minimum atomic E-state index is -1.05. The molecule has 0 saturated heterocycles. The van der Waals surface area contributed by atoms with Crippen molar-refractivity contribution >= 4 is 10.8 Å². The van der Waals surface area contributed by atoms with Gasteiger partial charge in [0.25, 0.3) is 0 Å². The van der Waals surface area contributed by atoms with Crippen molar-refractivity contribution in [1.29, 1.82) is 5.26 Å². The molecule has 1 atom stereocenters. The molecular formula is C17H17NOS. The third-order valence-corrected chi connectivity index (χ3v) is 4.58. The molecule has 20 heavy (non-hydrogen) atoms. The Kier molecular flexibility index (Phi) is 4.70. The summed E-state index contributed by atoms with van der Waals surface area (Å²) < 4.78 is 12.3. The van der Waals surface area contributed by atoms with Crippen LogP contribution in [0.15, 0.2) is 53.4 Å². The van der Waals surface area contributed by atoms with E-state index in [0.29, 0.717) is 17.2 Å². The van der Waals surface area contributed by atoms with Crippen LogP contribution in [0.1, 0.15) is 36.5 Å². The Labute approximate surface area is 122 Å². The van der Waals surface area contributed by atoms with E-state index in [2.05, 4.69) is 19.9 Å². The van der Waals surface area contributed by atoms with E-state index in [-0.39, 0.29) is 0 Å². The fourth-order valence-corrected chi connectivity index (χ4v) is 3.02. The Morgan fingerprint density at radius 3 is 2.15 bits per heavy atom. The SMILES string of the molecule is CC(C)c1ccc(S(=O)Cc2ccc(C#N)cc2)cc1. The monoisotopic (exact) mass is 283 g/mol. The van der Waals surface area contributed by atoms with Gasteiger partial charge in [-0.05, 0) is 41.3 Å². The molecule has 0 N–H and O–H groups in total. The highest BCUT2D eigenvalue weighted by molar-refractivity contribution is 7.84. The van der Waals surface area contributed by atoms with Gasteiger partial charge in [-0.1, -0.05) is 38.1 Å². The van der Waals surface area contributed by atoms with Gasteiger partial charge in [0.05, 0.1) is 28.2 Å². The second-order valence-corrected chi connectivity index (χ2v) is 6.47. The number of benzene rings is 2. The fourth-order valence-electron chi connectivity index (χ4n) is 1.91. The van der Waals surface area contributed by atoms with Crippen LogP contribution >= 0.6 is 0 Å². The van der Waals surface area contributed by atoms with Gasteiger partial charge in [-0.3, -0.25) is 4.21 Å². The molecule has 0 bridgehead atoms. The van der Waals surface area contributed by atoms with E-state index >= 15 is 0 Å². The van der Waals surface area contributed by atoms with E-state index in [1.54, 1.807) is 12.1 Å². The summed E-state index contributed by atoms with van der Waals surface area (Å²) in [5.74, 6) is 0.961. The molecule has 0 saturated carbocycles. The van der Waals surface area contributed by atoms with Crippen molar-refractivity contribution in [1.82, 2.24) is 0 Å². The molecule has 2 nitrogen and oxygen atoms in total. The molecule has 2 aromatic carbocycles. The summed E-state index contributed by atoms with van der Waals surface area (Å²) in [5, 5.41) is 8.75. The first-order valence-corrected chi connectivity index (χ1v) is 7.89. The highest BCUT2D eigenvalue weighted by atomic mass is 32.2. The van der Waals surface area contributed by atoms with Crippen LogP contribution in [0.2, 0.25) is 0 Å². The molecule has 2 rings (SSSR count). The molecule has 0 aliphatic heterocycles. The predicted octanol–water partition coefficient (Wildman–Crippen LogP) is 3.99. The van der Waals surface area contributed by atoms with E-state index in [0.717, 1.165) is 10.5 Å². The predicted molar refractivity (Wildman–Crippen MR) is 81.8 cm³/mol. The van der Waals surface area contributed by atoms with E-state index < -0.39 is 10.8 Å². The number of nitrogens with zero attached hydrogens (tertiary/aromatic N) is 1. The summed E-state index contributed by atoms with van der Waals surface area (Å²) in [7, 11) is -1.05. The lowest BCUT2D eigenvalue weighted by Crippen LogP contribution is -1.97. The summed E-state index contributed by atoms with van der Waals surface area (Å²) in [6, 6.07) is 17.3. The Hall–Kier alpha value is -1.92. The average molecular weight is 283 g/mol. The van der Waals surface area contributed by atoms with Gasteiger partial charge in [-0.15, -0.1) is 0 Å². The lowest BCUT2D eigenvalue weighted by molar-refractivity contribution is 0.682. The van der Waals surface area contributed by atoms with Gasteiger partial charge in [0, 0.05) is 4.90 Å². The van der Waals surface area contributed by atoms with Gasteiger partial charge in [0.1, 0.15) is 0 Å². The fraction of sp³-hybridized carbons (Fsp3) is 0.235. The maximum Gasteiger partial charge on any atom is 0.0991 e. The van der Waals surface area contributed by atoms with Gasteiger partial charge in [-0.25, -0.2) is 0 Å². The van der Waals surface area contributed by atoms with E-state index in [1.807, 2.05) is 36.4 Å². The molecule has 0 heterocycles. The Balaban J connectivity index is 2.09. The molecule has 0 spiro atoms. The molecule has 0 amide bonds. The topological polar surface area (TPSA) is 40.9 Å². The molecule has 2 aromatic rings. The zero-order chi connectivity index (χ0) is 14.5. The number of nitriles is 1. The van der Waals surface area contributed by atoms with Crippen molar-refractivity contribution in [2.24, 2.45) is 0 Å². The van der Waals surface area contributed by atoms with Gasteiger partial charge < -0.3 is 0 Å². The highest BCUT2D eigenvalue weighted by Crippen LogP contribution is 2.18. The normalized spacial score (nSPS) is 12.1. The minimum Gasteiger partial charge on any atom is -0.254 e. The Bertz CT molecular complexity index is 636. The van der Waals surface area contributed by atoms with Crippen LogP contribution < -0.4 is 0 Å². The minimum absolute atomic E-state index is 0.479. The van der Waals surface area contributed by atoms with E-state index in [1.165, 1.54) is 5.56 Å². The van der Waals surface area contributed by atoms with Crippen LogP contribution in [0.4, 0.5) is 0 Å². The molecule has 0 fully saturated rings. The van der Waals surface area contributed by atoms with Crippen LogP contribution in [-0.2, 0) is 16.6 Å². The molecule has 102 valence electrons. The van der Waals surface area contributed by atoms with E-state index in [9.17, 15) is 4.21 Å². The van der Waals surface area contributed by atoms with E-state index in [4.69, 9.17) is 5.26 Å². The molecule has 0 radical (unpaired) electrons. The Morgan fingerprint density at radius 1 is 1.05 bits per heavy atom. The maximum atomic E-state index is 12.3. The smallest absolute Gasteiger partial charge is 0.0991 e. The third-order valence-electron chi connectivity index (χ3n) is 3.19. The van der Waals surface area contributed by atoms with Crippen molar-refractivity contribution < 1.29 is 4.21 Å². The largest absolute Gasteiger partial charge is 0.254 e. The summed E-state index contributed by atoms with van der Waals surface area (Å²) >= 11 is 0. The third kappa shape index (κ3) is 3.55. The van der Waals surface area contributed by atoms with Crippen molar-refractivity contribution in [2.45, 2.75) is 30.4 Å². The van der Waals surface area contributed by atoms with Gasteiger partial charge in [0.15, 0.2) is 0 Å². The zero-order valence-electron chi connectivity index (χ0n) is 11.7. The van der Waals surface area contributed by atoms with Crippen molar-refractivity contribution in [3.63, 3.8) is 0 Å². The first-order valence-electron chi connectivity index (χ1n) is 6.57. The van der Waals surface area contributed by atoms with Crippen LogP contribution in [0.3, 0.4) is 0 Å². The Morgan fingerprint density at radius 2 is 1.65 bits per heavy atom. The number of hydrogen-bond donors (Lipinski definition) is 0. The number of rotatable bonds is 4. The second-order valence-electron chi connectivity index (χ2n) is 5.02. The molecule has 1 unspecified atom stereocenters. The molecule has 0 aromatic heterocycles. The van der Waals surface area contributed by atoms with Crippen molar-refractivity contribution in [3.05, 3.63) is 65.2 Å². The first-order chi connectivity index (χ1) is 9.60. The lowest BCUT2D eigenvalue weighted by atomic mass is 10.0. The first kappa shape index (κ1) is 14.5. The second kappa shape index (κ2) is 6.49. The summed E-state index contributed by atoms with van der Waals surface area (Å²) in [6.07, 6.45) is 0. The van der Waals surface area contributed by atoms with Crippen LogP contribution in [-0.4, -0.2) is 4.21 Å². The van der Waals surface area contributed by atoms with Gasteiger partial charge in [-0.2, -0.15) is 5.26 Å². The quantitative estimate of drug-likeness (QED) is 0.851. The van der Waals surface area contributed by atoms with Crippen LogP contribution in [0, 0.1) is 11.3 Å².